The number of nitrogens with zero attached hydrogens (tertiary/aromatic N) is 1. The van der Waals surface area contributed by atoms with E-state index < -0.39 is 6.04 Å². The number of aromatic nitrogens is 1. The van der Waals surface area contributed by atoms with Gasteiger partial charge in [0.1, 0.15) is 6.04 Å². The molecule has 0 saturated carbocycles. The number of nitrogens with one attached hydrogen (secondary N) is 3. The standard InChI is InChI=1S/C14H22N4O2/c1-8(2)17-13(19)10(4)18-14(20)11-7-16-9(3)6-12(11)15-5/h6-8,10H,1-5H3,(H,15,16)(H,17,19)(H,18,20). The number of rotatable bonds is 5. The zero-order chi connectivity index (χ0) is 15.3. The van der Waals surface area contributed by atoms with E-state index >= 15 is 0 Å². The first-order valence-electron chi connectivity index (χ1n) is 6.60. The Hall–Kier alpha value is -2.11. The molecule has 0 bridgehead atoms. The Kier molecular flexibility index (Phi) is 5.49. The third kappa shape index (κ3) is 4.22. The molecule has 1 heterocycles. The van der Waals surface area contributed by atoms with Gasteiger partial charge in [-0.25, -0.2) is 0 Å². The summed E-state index contributed by atoms with van der Waals surface area (Å²) in [5, 5.41) is 8.37. The Bertz CT molecular complexity index is 500. The van der Waals surface area contributed by atoms with Crippen molar-refractivity contribution in [3.8, 4) is 0 Å². The van der Waals surface area contributed by atoms with Crippen molar-refractivity contribution >= 4 is 17.5 Å². The monoisotopic (exact) mass is 278 g/mol. The first kappa shape index (κ1) is 15.9. The molecule has 6 heteroatoms. The van der Waals surface area contributed by atoms with E-state index in [0.717, 1.165) is 5.69 Å². The molecule has 6 nitrogen and oxygen atoms in total. The Morgan fingerprint density at radius 3 is 2.40 bits per heavy atom. The van der Waals surface area contributed by atoms with Crippen molar-refractivity contribution in [3.63, 3.8) is 0 Å². The Balaban J connectivity index is 2.78. The molecule has 0 spiro atoms. The van der Waals surface area contributed by atoms with Gasteiger partial charge in [-0.2, -0.15) is 0 Å². The fraction of sp³-hybridized carbons (Fsp3) is 0.500. The summed E-state index contributed by atoms with van der Waals surface area (Å²) in [6.07, 6.45) is 1.50. The van der Waals surface area contributed by atoms with Crippen LogP contribution in [0.2, 0.25) is 0 Å². The lowest BCUT2D eigenvalue weighted by molar-refractivity contribution is -0.123. The largest absolute Gasteiger partial charge is 0.387 e. The average Bonchev–Trinajstić information content (AvgIpc) is 2.37. The fourth-order valence-electron chi connectivity index (χ4n) is 1.70. The molecule has 0 aliphatic heterocycles. The van der Waals surface area contributed by atoms with Gasteiger partial charge in [-0.1, -0.05) is 0 Å². The Morgan fingerprint density at radius 1 is 1.20 bits per heavy atom. The highest BCUT2D eigenvalue weighted by molar-refractivity contribution is 6.01. The van der Waals surface area contributed by atoms with Gasteiger partial charge < -0.3 is 16.0 Å². The molecular weight excluding hydrogens is 256 g/mol. The zero-order valence-electron chi connectivity index (χ0n) is 12.6. The first-order valence-corrected chi connectivity index (χ1v) is 6.60. The van der Waals surface area contributed by atoms with Gasteiger partial charge in [0.05, 0.1) is 11.3 Å². The van der Waals surface area contributed by atoms with Gasteiger partial charge in [0.2, 0.25) is 5.91 Å². The molecule has 1 aromatic heterocycles. The predicted octanol–water partition coefficient (Wildman–Crippen LogP) is 1.07. The van der Waals surface area contributed by atoms with Crippen LogP contribution in [0.25, 0.3) is 0 Å². The van der Waals surface area contributed by atoms with Crippen molar-refractivity contribution < 1.29 is 9.59 Å². The number of aryl methyl sites for hydroxylation is 1. The van der Waals surface area contributed by atoms with E-state index in [4.69, 9.17) is 0 Å². The summed E-state index contributed by atoms with van der Waals surface area (Å²) in [5.74, 6) is -0.535. The summed E-state index contributed by atoms with van der Waals surface area (Å²) >= 11 is 0. The molecule has 0 fully saturated rings. The molecule has 0 aliphatic carbocycles. The maximum absolute atomic E-state index is 12.2. The topological polar surface area (TPSA) is 83.1 Å². The van der Waals surface area contributed by atoms with E-state index in [9.17, 15) is 9.59 Å². The van der Waals surface area contributed by atoms with Crippen LogP contribution in [0.1, 0.15) is 36.8 Å². The fourth-order valence-corrected chi connectivity index (χ4v) is 1.70. The van der Waals surface area contributed by atoms with Crippen molar-refractivity contribution in [1.82, 2.24) is 15.6 Å². The molecular formula is C14H22N4O2. The minimum atomic E-state index is -0.601. The minimum Gasteiger partial charge on any atom is -0.387 e. The van der Waals surface area contributed by atoms with Gasteiger partial charge in [0.25, 0.3) is 5.91 Å². The van der Waals surface area contributed by atoms with E-state index in [-0.39, 0.29) is 17.9 Å². The molecule has 0 radical (unpaired) electrons. The molecule has 0 aromatic carbocycles. The smallest absolute Gasteiger partial charge is 0.255 e. The molecule has 1 atom stereocenters. The minimum absolute atomic E-state index is 0.0377. The molecule has 2 amide bonds. The highest BCUT2D eigenvalue weighted by Crippen LogP contribution is 2.14. The van der Waals surface area contributed by atoms with Crippen LogP contribution in [0, 0.1) is 6.92 Å². The van der Waals surface area contributed by atoms with E-state index in [1.54, 1.807) is 20.0 Å². The highest BCUT2D eigenvalue weighted by atomic mass is 16.2. The summed E-state index contributed by atoms with van der Waals surface area (Å²) in [4.78, 5) is 28.0. The summed E-state index contributed by atoms with van der Waals surface area (Å²) in [6, 6.07) is 1.22. The van der Waals surface area contributed by atoms with Crippen LogP contribution in [0.3, 0.4) is 0 Å². The van der Waals surface area contributed by atoms with E-state index in [2.05, 4.69) is 20.9 Å². The molecule has 1 unspecified atom stereocenters. The second kappa shape index (κ2) is 6.88. The highest BCUT2D eigenvalue weighted by Gasteiger charge is 2.19. The number of hydrogen-bond donors (Lipinski definition) is 3. The zero-order valence-corrected chi connectivity index (χ0v) is 12.6. The first-order chi connectivity index (χ1) is 9.35. The number of pyridine rings is 1. The van der Waals surface area contributed by atoms with Gasteiger partial charge in [-0.15, -0.1) is 0 Å². The van der Waals surface area contributed by atoms with Crippen molar-refractivity contribution in [3.05, 3.63) is 23.5 Å². The van der Waals surface area contributed by atoms with Gasteiger partial charge in [-0.05, 0) is 33.8 Å². The molecule has 1 aromatic rings. The van der Waals surface area contributed by atoms with Gasteiger partial charge in [0, 0.05) is 25.0 Å². The van der Waals surface area contributed by atoms with Crippen LogP contribution < -0.4 is 16.0 Å². The second-order valence-electron chi connectivity index (χ2n) is 4.98. The van der Waals surface area contributed by atoms with Crippen LogP contribution >= 0.6 is 0 Å². The van der Waals surface area contributed by atoms with Crippen LogP contribution in [-0.4, -0.2) is 35.9 Å². The van der Waals surface area contributed by atoms with Gasteiger partial charge in [0.15, 0.2) is 0 Å². The summed E-state index contributed by atoms with van der Waals surface area (Å²) in [6.45, 7) is 7.24. The van der Waals surface area contributed by atoms with Crippen LogP contribution in [0.15, 0.2) is 12.3 Å². The molecule has 1 rings (SSSR count). The maximum atomic E-state index is 12.2. The van der Waals surface area contributed by atoms with Crippen LogP contribution in [0.4, 0.5) is 5.69 Å². The molecule has 0 saturated heterocycles. The number of carbonyl (C=O) groups is 2. The lowest BCUT2D eigenvalue weighted by Crippen LogP contribution is -2.46. The lowest BCUT2D eigenvalue weighted by Gasteiger charge is -2.17. The van der Waals surface area contributed by atoms with Crippen LogP contribution in [0.5, 0.6) is 0 Å². The summed E-state index contributed by atoms with van der Waals surface area (Å²) < 4.78 is 0. The average molecular weight is 278 g/mol. The van der Waals surface area contributed by atoms with E-state index in [1.165, 1.54) is 6.20 Å². The third-order valence-corrected chi connectivity index (χ3v) is 2.73. The molecule has 20 heavy (non-hydrogen) atoms. The number of carbonyl (C=O) groups excluding carboxylic acids is 2. The van der Waals surface area contributed by atoms with Crippen molar-refractivity contribution in [1.29, 1.82) is 0 Å². The maximum Gasteiger partial charge on any atom is 0.255 e. The number of amides is 2. The summed E-state index contributed by atoms with van der Waals surface area (Å²) in [5.41, 5.74) is 1.92. The normalized spacial score (nSPS) is 11.9. The predicted molar refractivity (Wildman–Crippen MR) is 78.7 cm³/mol. The SMILES string of the molecule is CNc1cc(C)ncc1C(=O)NC(C)C(=O)NC(C)C. The number of anilines is 1. The third-order valence-electron chi connectivity index (χ3n) is 2.73. The van der Waals surface area contributed by atoms with Gasteiger partial charge in [-0.3, -0.25) is 14.6 Å². The van der Waals surface area contributed by atoms with E-state index in [1.807, 2.05) is 20.8 Å². The van der Waals surface area contributed by atoms with E-state index in [0.29, 0.717) is 11.3 Å². The van der Waals surface area contributed by atoms with Crippen molar-refractivity contribution in [2.75, 3.05) is 12.4 Å². The van der Waals surface area contributed by atoms with Crippen LogP contribution in [-0.2, 0) is 4.79 Å². The molecule has 110 valence electrons. The second-order valence-corrected chi connectivity index (χ2v) is 4.98. The summed E-state index contributed by atoms with van der Waals surface area (Å²) in [7, 11) is 1.74. The lowest BCUT2D eigenvalue weighted by atomic mass is 10.1. The Labute approximate surface area is 119 Å². The van der Waals surface area contributed by atoms with Gasteiger partial charge >= 0.3 is 0 Å². The quantitative estimate of drug-likeness (QED) is 0.752. The molecule has 0 aliphatic rings. The molecule has 3 N–H and O–H groups in total. The van der Waals surface area contributed by atoms with Crippen molar-refractivity contribution in [2.24, 2.45) is 0 Å². The Morgan fingerprint density at radius 2 is 1.85 bits per heavy atom. The van der Waals surface area contributed by atoms with Crippen molar-refractivity contribution in [2.45, 2.75) is 39.8 Å². The number of hydrogen-bond acceptors (Lipinski definition) is 4.